The lowest BCUT2D eigenvalue weighted by Gasteiger charge is -2.32. The molecule has 198 valence electrons. The van der Waals surface area contributed by atoms with Gasteiger partial charge in [-0.2, -0.15) is 5.10 Å². The fourth-order valence-corrected chi connectivity index (χ4v) is 5.51. The lowest BCUT2D eigenvalue weighted by atomic mass is 10.0. The Kier molecular flexibility index (Phi) is 7.28. The molecule has 1 N–H and O–H groups in total. The first kappa shape index (κ1) is 25.1. The smallest absolute Gasteiger partial charge is 0.156 e. The predicted molar refractivity (Wildman–Crippen MR) is 158 cm³/mol. The third-order valence-electron chi connectivity index (χ3n) is 7.74. The number of benzene rings is 4. The zero-order valence-corrected chi connectivity index (χ0v) is 22.6. The molecule has 0 atom stereocenters. The summed E-state index contributed by atoms with van der Waals surface area (Å²) in [6.45, 7) is 3.08. The van der Waals surface area contributed by atoms with E-state index in [4.69, 9.17) is 9.47 Å². The number of piperidine rings is 1. The monoisotopic (exact) mass is 518 g/mol. The first-order valence-corrected chi connectivity index (χ1v) is 13.6. The molecule has 0 unspecified atom stereocenters. The number of nitrogens with zero attached hydrogens (tertiary/aromatic N) is 3. The first-order chi connectivity index (χ1) is 19.2. The molecule has 0 amide bonds. The molecule has 6 rings (SSSR count). The molecule has 0 saturated carbocycles. The van der Waals surface area contributed by atoms with Crippen LogP contribution in [-0.4, -0.2) is 48.4 Å². The highest BCUT2D eigenvalue weighted by Crippen LogP contribution is 2.30. The summed E-state index contributed by atoms with van der Waals surface area (Å²) in [5.74, 6) is 2.50. The highest BCUT2D eigenvalue weighted by Gasteiger charge is 2.21. The van der Waals surface area contributed by atoms with Crippen molar-refractivity contribution in [3.8, 4) is 11.5 Å². The van der Waals surface area contributed by atoms with Crippen LogP contribution in [0, 0.1) is 0 Å². The first-order valence-electron chi connectivity index (χ1n) is 13.6. The van der Waals surface area contributed by atoms with Gasteiger partial charge in [0.25, 0.3) is 0 Å². The molecule has 1 fully saturated rings. The number of nitrogens with one attached hydrogen (secondary N) is 1. The summed E-state index contributed by atoms with van der Waals surface area (Å²) in [4.78, 5) is 2.55. The fourth-order valence-electron chi connectivity index (χ4n) is 5.51. The summed E-state index contributed by atoms with van der Waals surface area (Å²) in [5, 5.41) is 17.8. The summed E-state index contributed by atoms with van der Waals surface area (Å²) < 4.78 is 10.9. The van der Waals surface area contributed by atoms with Crippen molar-refractivity contribution in [1.82, 2.24) is 15.1 Å². The van der Waals surface area contributed by atoms with Crippen LogP contribution in [0.25, 0.3) is 21.5 Å². The van der Waals surface area contributed by atoms with Gasteiger partial charge in [-0.15, -0.1) is 5.10 Å². The summed E-state index contributed by atoms with van der Waals surface area (Å²) in [6.07, 6.45) is 2.83. The van der Waals surface area contributed by atoms with Gasteiger partial charge in [0.05, 0.1) is 19.9 Å². The van der Waals surface area contributed by atoms with E-state index < -0.39 is 0 Å². The molecule has 6 nitrogen and oxygen atoms in total. The second kappa shape index (κ2) is 11.3. The van der Waals surface area contributed by atoms with Crippen LogP contribution in [0.3, 0.4) is 0 Å². The third-order valence-corrected chi connectivity index (χ3v) is 7.74. The van der Waals surface area contributed by atoms with Crippen LogP contribution in [0.15, 0.2) is 84.9 Å². The fraction of sp³-hybridized carbons (Fsp3) is 0.273. The van der Waals surface area contributed by atoms with Gasteiger partial charge in [-0.1, -0.05) is 48.5 Å². The summed E-state index contributed by atoms with van der Waals surface area (Å²) in [7, 11) is 3.38. The van der Waals surface area contributed by atoms with Crippen molar-refractivity contribution in [2.24, 2.45) is 0 Å². The number of ether oxygens (including phenoxy) is 2. The maximum atomic E-state index is 5.55. The Balaban J connectivity index is 1.15. The van der Waals surface area contributed by atoms with Crippen molar-refractivity contribution in [3.63, 3.8) is 0 Å². The summed E-state index contributed by atoms with van der Waals surface area (Å²) in [5.41, 5.74) is 3.49. The molecule has 2 heterocycles. The minimum absolute atomic E-state index is 0.356. The highest BCUT2D eigenvalue weighted by molar-refractivity contribution is 5.94. The number of hydrogen-bond acceptors (Lipinski definition) is 6. The lowest BCUT2D eigenvalue weighted by Crippen LogP contribution is -2.38. The van der Waals surface area contributed by atoms with Crippen LogP contribution in [0.5, 0.6) is 11.5 Å². The van der Waals surface area contributed by atoms with E-state index in [9.17, 15) is 0 Å². The van der Waals surface area contributed by atoms with E-state index in [0.717, 1.165) is 66.3 Å². The molecule has 39 heavy (non-hydrogen) atoms. The van der Waals surface area contributed by atoms with Crippen molar-refractivity contribution < 1.29 is 9.47 Å². The predicted octanol–water partition coefficient (Wildman–Crippen LogP) is 6.47. The van der Waals surface area contributed by atoms with E-state index in [2.05, 4.69) is 87.1 Å². The van der Waals surface area contributed by atoms with Gasteiger partial charge in [-0.3, -0.25) is 4.90 Å². The number of hydrogen-bond donors (Lipinski definition) is 1. The largest absolute Gasteiger partial charge is 0.497 e. The van der Waals surface area contributed by atoms with Crippen LogP contribution in [0.1, 0.15) is 29.7 Å². The number of rotatable bonds is 8. The van der Waals surface area contributed by atoms with E-state index in [1.807, 2.05) is 18.2 Å². The van der Waals surface area contributed by atoms with Gasteiger partial charge in [0.1, 0.15) is 11.5 Å². The van der Waals surface area contributed by atoms with Gasteiger partial charge < -0.3 is 14.8 Å². The average Bonchev–Trinajstić information content (AvgIpc) is 2.99. The van der Waals surface area contributed by atoms with Crippen LogP contribution < -0.4 is 14.8 Å². The number of methoxy groups -OCH3 is 2. The molecule has 5 aromatic rings. The minimum Gasteiger partial charge on any atom is -0.497 e. The Morgan fingerprint density at radius 1 is 0.744 bits per heavy atom. The maximum absolute atomic E-state index is 5.55. The molecule has 6 heteroatoms. The third kappa shape index (κ3) is 5.66. The molecule has 1 aliphatic rings. The standard InChI is InChI=1S/C33H34N4O2/c1-38-28-11-8-23(9-12-28)20-32-30-14-13-29(39-2)21-31(30)33(36-35-32)34-27-15-17-37(18-16-27)22-24-7-10-25-5-3-4-6-26(25)19-24/h3-14,19,21,27H,15-18,20,22H2,1-2H3,(H,34,36). The topological polar surface area (TPSA) is 59.5 Å². The van der Waals surface area contributed by atoms with Gasteiger partial charge in [-0.25, -0.2) is 0 Å². The summed E-state index contributed by atoms with van der Waals surface area (Å²) >= 11 is 0. The van der Waals surface area contributed by atoms with Crippen molar-refractivity contribution >= 4 is 27.4 Å². The van der Waals surface area contributed by atoms with Gasteiger partial charge >= 0.3 is 0 Å². The maximum Gasteiger partial charge on any atom is 0.156 e. The van der Waals surface area contributed by atoms with Gasteiger partial charge in [0.2, 0.25) is 0 Å². The number of likely N-dealkylation sites (tertiary alicyclic amines) is 1. The summed E-state index contributed by atoms with van der Waals surface area (Å²) in [6, 6.07) is 30.0. The van der Waals surface area contributed by atoms with E-state index >= 15 is 0 Å². The molecule has 1 aliphatic heterocycles. The van der Waals surface area contributed by atoms with Crippen molar-refractivity contribution in [1.29, 1.82) is 0 Å². The molecule has 0 spiro atoms. The number of fused-ring (bicyclic) bond motifs is 2. The van der Waals surface area contributed by atoms with Crippen molar-refractivity contribution in [3.05, 3.63) is 102 Å². The Hall–Kier alpha value is -4.16. The molecule has 1 saturated heterocycles. The van der Waals surface area contributed by atoms with Crippen LogP contribution >= 0.6 is 0 Å². The molecular formula is C33H34N4O2. The van der Waals surface area contributed by atoms with Crippen LogP contribution in [0.4, 0.5) is 5.82 Å². The highest BCUT2D eigenvalue weighted by atomic mass is 16.5. The number of anilines is 1. The van der Waals surface area contributed by atoms with E-state index in [-0.39, 0.29) is 0 Å². The molecule has 0 aliphatic carbocycles. The molecule has 0 radical (unpaired) electrons. The SMILES string of the molecule is COc1ccc(Cc2nnc(NC3CCN(Cc4ccc5ccccc5c4)CC3)c3cc(OC)ccc23)cc1. The second-order valence-electron chi connectivity index (χ2n) is 10.3. The van der Waals surface area contributed by atoms with Crippen LogP contribution in [0.2, 0.25) is 0 Å². The van der Waals surface area contributed by atoms with E-state index in [1.165, 1.54) is 21.9 Å². The second-order valence-corrected chi connectivity index (χ2v) is 10.3. The van der Waals surface area contributed by atoms with Gasteiger partial charge in [-0.05, 0) is 71.1 Å². The Morgan fingerprint density at radius 3 is 2.23 bits per heavy atom. The average molecular weight is 519 g/mol. The molecular weight excluding hydrogens is 484 g/mol. The number of aromatic nitrogens is 2. The van der Waals surface area contributed by atoms with E-state index in [0.29, 0.717) is 12.5 Å². The minimum atomic E-state index is 0.356. The quantitative estimate of drug-likeness (QED) is 0.254. The molecule has 1 aromatic heterocycles. The van der Waals surface area contributed by atoms with E-state index in [1.54, 1.807) is 14.2 Å². The van der Waals surface area contributed by atoms with Crippen LogP contribution in [-0.2, 0) is 13.0 Å². The molecule has 0 bridgehead atoms. The zero-order valence-electron chi connectivity index (χ0n) is 22.6. The van der Waals surface area contributed by atoms with Crippen molar-refractivity contribution in [2.45, 2.75) is 31.8 Å². The molecule has 4 aromatic carbocycles. The van der Waals surface area contributed by atoms with Gasteiger partial charge in [0.15, 0.2) is 5.82 Å². The Labute approximate surface area is 229 Å². The van der Waals surface area contributed by atoms with Crippen molar-refractivity contribution in [2.75, 3.05) is 32.6 Å². The Morgan fingerprint density at radius 2 is 1.46 bits per heavy atom. The Bertz CT molecular complexity index is 1580. The normalized spacial score (nSPS) is 14.5. The lowest BCUT2D eigenvalue weighted by molar-refractivity contribution is 0.211. The van der Waals surface area contributed by atoms with Gasteiger partial charge in [0, 0.05) is 42.9 Å². The zero-order chi connectivity index (χ0) is 26.6.